The van der Waals surface area contributed by atoms with Gasteiger partial charge < -0.3 is 16.2 Å². The van der Waals surface area contributed by atoms with Gasteiger partial charge in [-0.1, -0.05) is 30.3 Å². The van der Waals surface area contributed by atoms with E-state index in [0.717, 1.165) is 5.56 Å². The highest BCUT2D eigenvalue weighted by Crippen LogP contribution is 2.18. The molecule has 0 bridgehead atoms. The summed E-state index contributed by atoms with van der Waals surface area (Å²) in [5, 5.41) is 0. The number of amides is 2. The fraction of sp³-hybridized carbons (Fsp3) is 0.357. The second-order valence-electron chi connectivity index (χ2n) is 4.59. The molecule has 21 heavy (non-hydrogen) atoms. The number of methoxy groups -OCH3 is 1. The molecular weight excluding hydrogens is 274 g/mol. The predicted octanol–water partition coefficient (Wildman–Crippen LogP) is -0.784. The van der Waals surface area contributed by atoms with Crippen molar-refractivity contribution in [1.82, 2.24) is 4.90 Å². The third-order valence-electron chi connectivity index (χ3n) is 2.89. The van der Waals surface area contributed by atoms with Crippen LogP contribution < -0.4 is 11.5 Å². The van der Waals surface area contributed by atoms with Crippen LogP contribution in [-0.4, -0.2) is 49.4 Å². The molecule has 0 radical (unpaired) electrons. The second kappa shape index (κ2) is 8.01. The molecule has 1 atom stereocenters. The Morgan fingerprint density at radius 2 is 1.62 bits per heavy atom. The standard InChI is InChI=1S/C14H19N3O4/c1-21-14(20)11(10-5-3-2-4-6-10)7-17(8-12(15)18)9-13(16)19/h2-6,11H,7-9H2,1H3,(H2,15,18)(H2,16,19). The Labute approximate surface area is 122 Å². The Morgan fingerprint density at radius 1 is 1.10 bits per heavy atom. The van der Waals surface area contributed by atoms with Gasteiger partial charge in [-0.3, -0.25) is 19.3 Å². The third-order valence-corrected chi connectivity index (χ3v) is 2.89. The summed E-state index contributed by atoms with van der Waals surface area (Å²) in [5.74, 6) is -2.30. The summed E-state index contributed by atoms with van der Waals surface area (Å²) < 4.78 is 4.78. The number of rotatable bonds is 8. The van der Waals surface area contributed by atoms with Crippen LogP contribution in [0.25, 0.3) is 0 Å². The monoisotopic (exact) mass is 293 g/mol. The Hall–Kier alpha value is -2.41. The molecule has 4 N–H and O–H groups in total. The normalized spacial score (nSPS) is 11.9. The van der Waals surface area contributed by atoms with Crippen LogP contribution in [0.1, 0.15) is 11.5 Å². The van der Waals surface area contributed by atoms with E-state index in [1.807, 2.05) is 6.07 Å². The summed E-state index contributed by atoms with van der Waals surface area (Å²) in [4.78, 5) is 35.5. The lowest BCUT2D eigenvalue weighted by molar-refractivity contribution is -0.143. The third kappa shape index (κ3) is 5.62. The topological polar surface area (TPSA) is 116 Å². The molecule has 7 nitrogen and oxygen atoms in total. The van der Waals surface area contributed by atoms with Crippen molar-refractivity contribution in [3.05, 3.63) is 35.9 Å². The van der Waals surface area contributed by atoms with Crippen LogP contribution in [0.2, 0.25) is 0 Å². The summed E-state index contributed by atoms with van der Waals surface area (Å²) in [7, 11) is 1.28. The predicted molar refractivity (Wildman–Crippen MR) is 76.0 cm³/mol. The van der Waals surface area contributed by atoms with Gasteiger partial charge in [0.25, 0.3) is 0 Å². The van der Waals surface area contributed by atoms with E-state index in [9.17, 15) is 14.4 Å². The molecule has 0 saturated carbocycles. The molecule has 0 fully saturated rings. The first-order valence-electron chi connectivity index (χ1n) is 6.35. The minimum absolute atomic E-state index is 0.114. The zero-order valence-corrected chi connectivity index (χ0v) is 11.8. The van der Waals surface area contributed by atoms with Crippen LogP contribution in [-0.2, 0) is 19.1 Å². The Kier molecular flexibility index (Phi) is 6.35. The number of benzene rings is 1. The number of ether oxygens (including phenoxy) is 1. The molecule has 1 unspecified atom stereocenters. The molecule has 0 saturated heterocycles. The quantitative estimate of drug-likeness (QED) is 0.610. The molecule has 7 heteroatoms. The van der Waals surface area contributed by atoms with Crippen LogP contribution in [0, 0.1) is 0 Å². The minimum Gasteiger partial charge on any atom is -0.469 e. The number of carbonyl (C=O) groups is 3. The molecule has 2 amide bonds. The van der Waals surface area contributed by atoms with Crippen molar-refractivity contribution in [3.63, 3.8) is 0 Å². The van der Waals surface area contributed by atoms with E-state index in [4.69, 9.17) is 16.2 Å². The molecule has 1 aromatic carbocycles. The van der Waals surface area contributed by atoms with Gasteiger partial charge in [-0.15, -0.1) is 0 Å². The average Bonchev–Trinajstić information content (AvgIpc) is 2.43. The van der Waals surface area contributed by atoms with Gasteiger partial charge in [-0.25, -0.2) is 0 Å². The van der Waals surface area contributed by atoms with Gasteiger partial charge in [0.15, 0.2) is 0 Å². The maximum Gasteiger partial charge on any atom is 0.314 e. The van der Waals surface area contributed by atoms with Gasteiger partial charge in [0.05, 0.1) is 26.1 Å². The highest BCUT2D eigenvalue weighted by Gasteiger charge is 2.25. The van der Waals surface area contributed by atoms with Gasteiger partial charge in [0.1, 0.15) is 0 Å². The molecule has 114 valence electrons. The van der Waals surface area contributed by atoms with Crippen LogP contribution in [0.4, 0.5) is 0 Å². The first-order valence-corrected chi connectivity index (χ1v) is 6.35. The number of hydrogen-bond donors (Lipinski definition) is 2. The molecule has 0 spiro atoms. The first kappa shape index (κ1) is 16.6. The van der Waals surface area contributed by atoms with E-state index in [1.54, 1.807) is 24.3 Å². The van der Waals surface area contributed by atoms with Crippen LogP contribution in [0.15, 0.2) is 30.3 Å². The van der Waals surface area contributed by atoms with E-state index < -0.39 is 23.7 Å². The Morgan fingerprint density at radius 3 is 2.05 bits per heavy atom. The van der Waals surface area contributed by atoms with Crippen LogP contribution in [0.3, 0.4) is 0 Å². The highest BCUT2D eigenvalue weighted by atomic mass is 16.5. The largest absolute Gasteiger partial charge is 0.469 e. The number of carbonyl (C=O) groups excluding carboxylic acids is 3. The van der Waals surface area contributed by atoms with E-state index in [0.29, 0.717) is 0 Å². The van der Waals surface area contributed by atoms with Crippen molar-refractivity contribution in [1.29, 1.82) is 0 Å². The molecule has 0 heterocycles. The van der Waals surface area contributed by atoms with Crippen LogP contribution >= 0.6 is 0 Å². The second-order valence-corrected chi connectivity index (χ2v) is 4.59. The van der Waals surface area contributed by atoms with Crippen LogP contribution in [0.5, 0.6) is 0 Å². The molecule has 0 aliphatic rings. The van der Waals surface area contributed by atoms with Gasteiger partial charge in [-0.05, 0) is 5.56 Å². The zero-order valence-electron chi connectivity index (χ0n) is 11.8. The Balaban J connectivity index is 2.94. The van der Waals surface area contributed by atoms with E-state index in [-0.39, 0.29) is 19.6 Å². The smallest absolute Gasteiger partial charge is 0.314 e. The lowest BCUT2D eigenvalue weighted by Gasteiger charge is -2.24. The minimum atomic E-state index is -0.630. The van der Waals surface area contributed by atoms with E-state index >= 15 is 0 Å². The Bertz CT molecular complexity index is 488. The number of primary amides is 2. The van der Waals surface area contributed by atoms with Gasteiger partial charge in [-0.2, -0.15) is 0 Å². The average molecular weight is 293 g/mol. The fourth-order valence-electron chi connectivity index (χ4n) is 2.03. The van der Waals surface area contributed by atoms with Gasteiger partial charge in [0.2, 0.25) is 11.8 Å². The summed E-state index contributed by atoms with van der Waals surface area (Å²) in [6, 6.07) is 8.95. The maximum absolute atomic E-state index is 11.9. The lowest BCUT2D eigenvalue weighted by Crippen LogP contribution is -2.42. The molecule has 1 rings (SSSR count). The molecule has 1 aromatic rings. The highest BCUT2D eigenvalue weighted by molar-refractivity contribution is 5.81. The zero-order chi connectivity index (χ0) is 15.8. The summed E-state index contributed by atoms with van der Waals surface area (Å²) in [6.07, 6.45) is 0. The number of hydrogen-bond acceptors (Lipinski definition) is 5. The number of esters is 1. The van der Waals surface area contributed by atoms with Crippen molar-refractivity contribution in [3.8, 4) is 0 Å². The molecule has 0 aromatic heterocycles. The lowest BCUT2D eigenvalue weighted by atomic mass is 9.98. The molecule has 0 aliphatic carbocycles. The molecule has 0 aliphatic heterocycles. The molecular formula is C14H19N3O4. The summed E-state index contributed by atoms with van der Waals surface area (Å²) in [5.41, 5.74) is 11.0. The van der Waals surface area contributed by atoms with Crippen molar-refractivity contribution in [2.75, 3.05) is 26.7 Å². The van der Waals surface area contributed by atoms with Crippen molar-refractivity contribution < 1.29 is 19.1 Å². The number of nitrogens with two attached hydrogens (primary N) is 2. The fourth-order valence-corrected chi connectivity index (χ4v) is 2.03. The van der Waals surface area contributed by atoms with Gasteiger partial charge in [0, 0.05) is 6.54 Å². The first-order chi connectivity index (χ1) is 9.93. The SMILES string of the molecule is COC(=O)C(CN(CC(N)=O)CC(N)=O)c1ccccc1. The van der Waals surface area contributed by atoms with Crippen molar-refractivity contribution in [2.45, 2.75) is 5.92 Å². The van der Waals surface area contributed by atoms with Crippen molar-refractivity contribution in [2.24, 2.45) is 11.5 Å². The van der Waals surface area contributed by atoms with Gasteiger partial charge >= 0.3 is 5.97 Å². The maximum atomic E-state index is 11.9. The number of nitrogens with zero attached hydrogens (tertiary/aromatic N) is 1. The van der Waals surface area contributed by atoms with E-state index in [1.165, 1.54) is 12.0 Å². The summed E-state index contributed by atoms with van der Waals surface area (Å²) >= 11 is 0. The summed E-state index contributed by atoms with van der Waals surface area (Å²) in [6.45, 7) is -0.213. The van der Waals surface area contributed by atoms with E-state index in [2.05, 4.69) is 0 Å². The van der Waals surface area contributed by atoms with Crippen molar-refractivity contribution >= 4 is 17.8 Å².